The van der Waals surface area contributed by atoms with E-state index in [-0.39, 0.29) is 11.8 Å². The van der Waals surface area contributed by atoms with Crippen molar-refractivity contribution in [2.45, 2.75) is 51.5 Å². The van der Waals surface area contributed by atoms with Gasteiger partial charge < -0.3 is 14.0 Å². The number of carbonyl (C=O) groups excluding carboxylic acids is 1. The van der Waals surface area contributed by atoms with Crippen LogP contribution in [-0.4, -0.2) is 48.8 Å². The average Bonchev–Trinajstić information content (AvgIpc) is 3.24. The van der Waals surface area contributed by atoms with Gasteiger partial charge in [-0.25, -0.2) is 0 Å². The Kier molecular flexibility index (Phi) is 3.59. The highest BCUT2D eigenvalue weighted by Gasteiger charge is 2.33. The van der Waals surface area contributed by atoms with Gasteiger partial charge in [-0.15, -0.1) is 10.2 Å². The third-order valence-electron chi connectivity index (χ3n) is 4.67. The molecule has 0 aromatic carbocycles. The van der Waals surface area contributed by atoms with Crippen molar-refractivity contribution in [2.75, 3.05) is 13.1 Å². The van der Waals surface area contributed by atoms with Gasteiger partial charge in [-0.05, 0) is 26.2 Å². The molecule has 1 fully saturated rings. The van der Waals surface area contributed by atoms with E-state index in [1.165, 1.54) is 6.42 Å². The van der Waals surface area contributed by atoms with Crippen LogP contribution in [0.15, 0.2) is 4.52 Å². The fourth-order valence-electron chi connectivity index (χ4n) is 3.41. The van der Waals surface area contributed by atoms with Crippen LogP contribution in [0.1, 0.15) is 59.8 Å². The van der Waals surface area contributed by atoms with Gasteiger partial charge in [-0.1, -0.05) is 11.6 Å². The Morgan fingerprint density at radius 1 is 1.22 bits per heavy atom. The van der Waals surface area contributed by atoms with Crippen molar-refractivity contribution in [3.8, 4) is 0 Å². The first-order valence-electron chi connectivity index (χ1n) is 8.24. The molecule has 122 valence electrons. The maximum atomic E-state index is 12.8. The molecule has 1 saturated heterocycles. The first-order valence-corrected chi connectivity index (χ1v) is 8.24. The second kappa shape index (κ2) is 5.75. The summed E-state index contributed by atoms with van der Waals surface area (Å²) in [6.45, 7) is 3.93. The van der Waals surface area contributed by atoms with Crippen molar-refractivity contribution >= 4 is 5.91 Å². The van der Waals surface area contributed by atoms with Crippen molar-refractivity contribution in [1.29, 1.82) is 0 Å². The number of fused-ring (bicyclic) bond motifs is 1. The second-order valence-electron chi connectivity index (χ2n) is 6.32. The highest BCUT2D eigenvalue weighted by atomic mass is 16.5. The van der Waals surface area contributed by atoms with E-state index in [1.54, 1.807) is 6.92 Å². The molecule has 0 aliphatic carbocycles. The molecule has 2 aliphatic rings. The van der Waals surface area contributed by atoms with Gasteiger partial charge in [0, 0.05) is 26.1 Å². The highest BCUT2D eigenvalue weighted by molar-refractivity contribution is 5.91. The lowest BCUT2D eigenvalue weighted by atomic mass is 10.1. The van der Waals surface area contributed by atoms with Gasteiger partial charge in [-0.2, -0.15) is 4.98 Å². The third kappa shape index (κ3) is 2.62. The summed E-state index contributed by atoms with van der Waals surface area (Å²) in [5.41, 5.74) is 0. The number of nitrogens with zero attached hydrogens (tertiary/aromatic N) is 6. The predicted octanol–water partition coefficient (Wildman–Crippen LogP) is 1.33. The first kappa shape index (κ1) is 14.3. The van der Waals surface area contributed by atoms with E-state index in [9.17, 15) is 4.79 Å². The molecule has 1 amide bonds. The molecule has 2 aliphatic heterocycles. The van der Waals surface area contributed by atoms with Crippen LogP contribution in [0.2, 0.25) is 0 Å². The number of hydrogen-bond donors (Lipinski definition) is 0. The fraction of sp³-hybridized carbons (Fsp3) is 0.667. The molecule has 0 saturated carbocycles. The Balaban J connectivity index is 1.51. The summed E-state index contributed by atoms with van der Waals surface area (Å²) in [5.74, 6) is 2.75. The van der Waals surface area contributed by atoms with Crippen molar-refractivity contribution in [3.05, 3.63) is 23.4 Å². The van der Waals surface area contributed by atoms with Crippen LogP contribution in [0, 0.1) is 6.92 Å². The molecule has 0 radical (unpaired) electrons. The molecule has 2 aromatic rings. The molecule has 8 nitrogen and oxygen atoms in total. The maximum absolute atomic E-state index is 12.8. The van der Waals surface area contributed by atoms with Crippen LogP contribution in [0.4, 0.5) is 0 Å². The minimum absolute atomic E-state index is 0.0376. The Labute approximate surface area is 133 Å². The lowest BCUT2D eigenvalue weighted by Gasteiger charge is -2.16. The smallest absolute Gasteiger partial charge is 0.291 e. The van der Waals surface area contributed by atoms with Gasteiger partial charge >= 0.3 is 0 Å². The van der Waals surface area contributed by atoms with E-state index in [0.717, 1.165) is 38.1 Å². The average molecular weight is 316 g/mol. The summed E-state index contributed by atoms with van der Waals surface area (Å²) in [6, 6.07) is 0. The number of hydrogen-bond acceptors (Lipinski definition) is 6. The first-order chi connectivity index (χ1) is 11.2. The molecular weight excluding hydrogens is 296 g/mol. The van der Waals surface area contributed by atoms with E-state index < -0.39 is 0 Å². The molecule has 8 heteroatoms. The molecule has 4 heterocycles. The van der Waals surface area contributed by atoms with Crippen molar-refractivity contribution in [3.63, 3.8) is 0 Å². The summed E-state index contributed by atoms with van der Waals surface area (Å²) >= 11 is 0. The molecule has 0 spiro atoms. The topological polar surface area (TPSA) is 89.9 Å². The van der Waals surface area contributed by atoms with E-state index in [4.69, 9.17) is 4.52 Å². The van der Waals surface area contributed by atoms with Crippen LogP contribution < -0.4 is 0 Å². The molecule has 2 aromatic heterocycles. The number of amides is 1. The van der Waals surface area contributed by atoms with Gasteiger partial charge in [0.15, 0.2) is 5.82 Å². The minimum Gasteiger partial charge on any atom is -0.339 e. The molecule has 4 rings (SSSR count). The molecule has 1 atom stereocenters. The number of rotatable bonds is 2. The van der Waals surface area contributed by atoms with Gasteiger partial charge in [0.05, 0.1) is 5.92 Å². The summed E-state index contributed by atoms with van der Waals surface area (Å²) in [6.07, 6.45) is 5.13. The van der Waals surface area contributed by atoms with E-state index in [2.05, 4.69) is 20.3 Å². The summed E-state index contributed by atoms with van der Waals surface area (Å²) in [7, 11) is 0. The number of likely N-dealkylation sites (tertiary alicyclic amines) is 1. The van der Waals surface area contributed by atoms with Crippen LogP contribution in [0.25, 0.3) is 0 Å². The second-order valence-corrected chi connectivity index (χ2v) is 6.32. The SMILES string of the molecule is Cc1noc([C@H]2CCN(C(=O)c3nnc4n3CCCCC4)C2)n1. The molecule has 0 N–H and O–H groups in total. The normalized spacial score (nSPS) is 21.3. The zero-order valence-electron chi connectivity index (χ0n) is 13.2. The third-order valence-corrected chi connectivity index (χ3v) is 4.67. The largest absolute Gasteiger partial charge is 0.339 e. The van der Waals surface area contributed by atoms with E-state index in [0.29, 0.717) is 30.6 Å². The fourth-order valence-corrected chi connectivity index (χ4v) is 3.41. The maximum Gasteiger partial charge on any atom is 0.291 e. The van der Waals surface area contributed by atoms with Crippen LogP contribution in [0.3, 0.4) is 0 Å². The lowest BCUT2D eigenvalue weighted by Crippen LogP contribution is -2.31. The van der Waals surface area contributed by atoms with Crippen molar-refractivity contribution < 1.29 is 9.32 Å². The lowest BCUT2D eigenvalue weighted by molar-refractivity contribution is 0.0771. The Hall–Kier alpha value is -2.25. The summed E-state index contributed by atoms with van der Waals surface area (Å²) in [5, 5.41) is 12.2. The van der Waals surface area contributed by atoms with Crippen molar-refractivity contribution in [1.82, 2.24) is 29.8 Å². The summed E-state index contributed by atoms with van der Waals surface area (Å²) in [4.78, 5) is 18.9. The van der Waals surface area contributed by atoms with Crippen LogP contribution in [-0.2, 0) is 13.0 Å². The summed E-state index contributed by atoms with van der Waals surface area (Å²) < 4.78 is 7.24. The Morgan fingerprint density at radius 3 is 2.96 bits per heavy atom. The van der Waals surface area contributed by atoms with Gasteiger partial charge in [0.2, 0.25) is 11.7 Å². The van der Waals surface area contributed by atoms with Gasteiger partial charge in [0.25, 0.3) is 5.91 Å². The molecule has 0 unspecified atom stereocenters. The standard InChI is InChI=1S/C15H20N6O2/c1-10-16-14(23-19-10)11-6-8-20(9-11)15(22)13-18-17-12-5-3-2-4-7-21(12)13/h11H,2-9H2,1H3/t11-/m0/s1. The highest BCUT2D eigenvalue weighted by Crippen LogP contribution is 2.27. The van der Waals surface area contributed by atoms with Crippen molar-refractivity contribution in [2.24, 2.45) is 0 Å². The number of carbonyl (C=O) groups is 1. The molecular formula is C15H20N6O2. The number of aromatic nitrogens is 5. The van der Waals surface area contributed by atoms with E-state index in [1.807, 2.05) is 9.47 Å². The Bertz CT molecular complexity index is 721. The zero-order valence-corrected chi connectivity index (χ0v) is 13.2. The minimum atomic E-state index is -0.0376. The molecule has 0 bridgehead atoms. The van der Waals surface area contributed by atoms with Crippen LogP contribution >= 0.6 is 0 Å². The van der Waals surface area contributed by atoms with E-state index >= 15 is 0 Å². The molecule has 23 heavy (non-hydrogen) atoms. The Morgan fingerprint density at radius 2 is 2.13 bits per heavy atom. The quantitative estimate of drug-likeness (QED) is 0.830. The zero-order chi connectivity index (χ0) is 15.8. The van der Waals surface area contributed by atoms with Gasteiger partial charge in [-0.3, -0.25) is 4.79 Å². The van der Waals surface area contributed by atoms with Crippen LogP contribution in [0.5, 0.6) is 0 Å². The van der Waals surface area contributed by atoms with Gasteiger partial charge in [0.1, 0.15) is 5.82 Å². The monoisotopic (exact) mass is 316 g/mol. The predicted molar refractivity (Wildman–Crippen MR) is 79.9 cm³/mol. The number of aryl methyl sites for hydroxylation is 2.